The van der Waals surface area contributed by atoms with Gasteiger partial charge in [-0.3, -0.25) is 19.5 Å². The molecule has 1 aromatic heterocycles. The number of aromatic amines is 1. The number of para-hydroxylation sites is 1. The number of phenolic OH excluding ortho intramolecular Hbond substituents is 1. The lowest BCUT2D eigenvalue weighted by Crippen LogP contribution is -2.41. The molecule has 162 valence electrons. The van der Waals surface area contributed by atoms with Crippen LogP contribution in [0.1, 0.15) is 20.8 Å². The molecule has 3 aromatic rings. The van der Waals surface area contributed by atoms with Crippen LogP contribution in [0.15, 0.2) is 48.5 Å². The third kappa shape index (κ3) is 5.72. The molecule has 0 fully saturated rings. The minimum atomic E-state index is -0.585. The summed E-state index contributed by atoms with van der Waals surface area (Å²) in [5, 5.41) is 23.9. The summed E-state index contributed by atoms with van der Waals surface area (Å²) < 4.78 is 13.2. The number of nitrogens with one attached hydrogen (secondary N) is 4. The molecule has 2 radical (unpaired) electrons. The number of phenols is 1. The van der Waals surface area contributed by atoms with E-state index in [4.69, 9.17) is 7.85 Å². The highest BCUT2D eigenvalue weighted by Gasteiger charge is 2.14. The number of carbonyl (C=O) groups is 3. The summed E-state index contributed by atoms with van der Waals surface area (Å²) >= 11 is 0. The van der Waals surface area contributed by atoms with Gasteiger partial charge in [-0.25, -0.2) is 4.39 Å². The average Bonchev–Trinajstić information content (AvgIpc) is 3.27. The molecule has 0 unspecified atom stereocenters. The van der Waals surface area contributed by atoms with Crippen molar-refractivity contribution in [3.05, 3.63) is 65.6 Å². The first-order valence-electron chi connectivity index (χ1n) is 9.57. The number of carbonyl (C=O) groups excluding carboxylic acids is 3. The second-order valence-corrected chi connectivity index (χ2v) is 6.70. The number of aromatic hydroxyl groups is 1. The predicted molar refractivity (Wildman–Crippen MR) is 115 cm³/mol. The minimum Gasteiger partial charge on any atom is -0.507 e. The number of H-pyrrole nitrogens is 1. The second-order valence-electron chi connectivity index (χ2n) is 6.70. The Morgan fingerprint density at radius 3 is 2.53 bits per heavy atom. The van der Waals surface area contributed by atoms with Crippen LogP contribution in [0.2, 0.25) is 0 Å². The van der Waals surface area contributed by atoms with Gasteiger partial charge in [0.25, 0.3) is 11.8 Å². The van der Waals surface area contributed by atoms with Crippen LogP contribution < -0.4 is 21.4 Å². The van der Waals surface area contributed by atoms with Crippen molar-refractivity contribution in [2.24, 2.45) is 0 Å². The Morgan fingerprint density at radius 2 is 1.75 bits per heavy atom. The smallest absolute Gasteiger partial charge is 0.269 e. The highest BCUT2D eigenvalue weighted by molar-refractivity contribution is 6.36. The third-order valence-corrected chi connectivity index (χ3v) is 4.40. The largest absolute Gasteiger partial charge is 0.507 e. The van der Waals surface area contributed by atoms with Gasteiger partial charge in [-0.15, -0.1) is 0 Å². The fraction of sp³-hybridized carbons (Fsp3) is 0.143. The molecule has 1 heterocycles. The van der Waals surface area contributed by atoms with Gasteiger partial charge in [0.15, 0.2) is 0 Å². The monoisotopic (exact) mass is 435 g/mol. The van der Waals surface area contributed by atoms with Gasteiger partial charge in [0.1, 0.15) is 25.1 Å². The summed E-state index contributed by atoms with van der Waals surface area (Å²) in [6, 6.07) is 11.5. The maximum absolute atomic E-state index is 13.2. The van der Waals surface area contributed by atoms with Crippen LogP contribution >= 0.6 is 0 Å². The Hall–Kier alpha value is -4.15. The van der Waals surface area contributed by atoms with Gasteiger partial charge in [0.05, 0.1) is 12.2 Å². The van der Waals surface area contributed by atoms with E-state index in [0.717, 1.165) is 12.1 Å². The normalized spacial score (nSPS) is 10.4. The third-order valence-electron chi connectivity index (χ3n) is 4.40. The molecule has 11 heteroatoms. The second kappa shape index (κ2) is 10.2. The van der Waals surface area contributed by atoms with Crippen molar-refractivity contribution in [2.45, 2.75) is 0 Å². The molecule has 9 nitrogen and oxygen atoms in total. The number of nitrogens with zero attached hydrogens (tertiary/aromatic N) is 1. The zero-order chi connectivity index (χ0) is 23.1. The lowest BCUT2D eigenvalue weighted by molar-refractivity contribution is -0.120. The van der Waals surface area contributed by atoms with Gasteiger partial charge in [0.2, 0.25) is 5.91 Å². The van der Waals surface area contributed by atoms with Crippen molar-refractivity contribution < 1.29 is 23.9 Å². The molecular weight excluding hydrogens is 416 g/mol. The predicted octanol–water partition coefficient (Wildman–Crippen LogP) is -0.00880. The van der Waals surface area contributed by atoms with E-state index in [-0.39, 0.29) is 42.1 Å². The summed E-state index contributed by atoms with van der Waals surface area (Å²) in [7, 11) is 5.64. The number of amides is 3. The molecule has 3 rings (SSSR count). The summed E-state index contributed by atoms with van der Waals surface area (Å²) in [6.07, 6.45) is 0. The zero-order valence-corrected chi connectivity index (χ0v) is 16.8. The maximum Gasteiger partial charge on any atom is 0.269 e. The summed E-state index contributed by atoms with van der Waals surface area (Å²) in [4.78, 5) is 36.1. The fourth-order valence-electron chi connectivity index (χ4n) is 2.78. The quantitative estimate of drug-likeness (QED) is 0.251. The molecule has 32 heavy (non-hydrogen) atoms. The van der Waals surface area contributed by atoms with Crippen LogP contribution in [-0.2, 0) is 4.79 Å². The van der Waals surface area contributed by atoms with Crippen LogP contribution in [0.3, 0.4) is 0 Å². The number of rotatable bonds is 8. The Kier molecular flexibility index (Phi) is 7.22. The van der Waals surface area contributed by atoms with Crippen molar-refractivity contribution in [1.29, 1.82) is 0 Å². The maximum atomic E-state index is 13.2. The topological polar surface area (TPSA) is 136 Å². The van der Waals surface area contributed by atoms with E-state index in [1.807, 2.05) is 0 Å². The van der Waals surface area contributed by atoms with Crippen molar-refractivity contribution in [3.8, 4) is 17.0 Å². The van der Waals surface area contributed by atoms with Gasteiger partial charge >= 0.3 is 0 Å². The number of hydrogen-bond donors (Lipinski definition) is 5. The van der Waals surface area contributed by atoms with E-state index >= 15 is 0 Å². The summed E-state index contributed by atoms with van der Waals surface area (Å²) in [6.45, 7) is -0.120. The lowest BCUT2D eigenvalue weighted by Gasteiger charge is -2.09. The zero-order valence-electron chi connectivity index (χ0n) is 16.8. The Morgan fingerprint density at radius 1 is 1.00 bits per heavy atom. The van der Waals surface area contributed by atoms with Gasteiger partial charge in [0, 0.05) is 24.2 Å². The van der Waals surface area contributed by atoms with E-state index in [1.165, 1.54) is 18.2 Å². The van der Waals surface area contributed by atoms with E-state index in [9.17, 15) is 23.9 Å². The molecule has 0 aliphatic rings. The molecule has 0 aliphatic carbocycles. The van der Waals surface area contributed by atoms with Crippen LogP contribution in [0.5, 0.6) is 5.75 Å². The molecular formula is C21H19BFN5O4. The van der Waals surface area contributed by atoms with E-state index in [1.54, 1.807) is 18.2 Å². The van der Waals surface area contributed by atoms with E-state index in [0.29, 0.717) is 11.3 Å². The van der Waals surface area contributed by atoms with Gasteiger partial charge in [-0.2, -0.15) is 5.10 Å². The molecule has 0 saturated carbocycles. The SMILES string of the molecule is [B]c1ccc(F)cc1C(=O)NCCNC(=O)CNC(=O)c1cc(-c2ccccc2O)n[nH]1. The summed E-state index contributed by atoms with van der Waals surface area (Å²) in [5.41, 5.74) is 1.11. The molecule has 3 amide bonds. The minimum absolute atomic E-state index is 0.00587. The van der Waals surface area contributed by atoms with Crippen LogP contribution in [0.4, 0.5) is 4.39 Å². The molecule has 0 aliphatic heterocycles. The number of hydrogen-bond acceptors (Lipinski definition) is 5. The molecule has 0 bridgehead atoms. The summed E-state index contributed by atoms with van der Waals surface area (Å²) in [5.74, 6) is -2.15. The van der Waals surface area contributed by atoms with Crippen LogP contribution in [0, 0.1) is 5.82 Å². The molecule has 0 spiro atoms. The molecule has 0 saturated heterocycles. The van der Waals surface area contributed by atoms with Crippen molar-refractivity contribution in [3.63, 3.8) is 0 Å². The van der Waals surface area contributed by atoms with Crippen LogP contribution in [0.25, 0.3) is 11.3 Å². The Labute approximate surface area is 183 Å². The van der Waals surface area contributed by atoms with Crippen molar-refractivity contribution in [1.82, 2.24) is 26.1 Å². The molecule has 5 N–H and O–H groups in total. The molecule has 2 aromatic carbocycles. The Bertz CT molecular complexity index is 1150. The van der Waals surface area contributed by atoms with Crippen molar-refractivity contribution in [2.75, 3.05) is 19.6 Å². The van der Waals surface area contributed by atoms with E-state index < -0.39 is 23.5 Å². The number of halogens is 1. The first-order valence-corrected chi connectivity index (χ1v) is 9.57. The van der Waals surface area contributed by atoms with Crippen LogP contribution in [-0.4, -0.2) is 60.5 Å². The van der Waals surface area contributed by atoms with Gasteiger partial charge in [-0.1, -0.05) is 23.7 Å². The number of benzene rings is 2. The average molecular weight is 435 g/mol. The fourth-order valence-corrected chi connectivity index (χ4v) is 2.78. The van der Waals surface area contributed by atoms with Gasteiger partial charge in [-0.05, 0) is 30.3 Å². The number of aromatic nitrogens is 2. The first kappa shape index (κ1) is 22.5. The lowest BCUT2D eigenvalue weighted by atomic mass is 9.90. The highest BCUT2D eigenvalue weighted by atomic mass is 19.1. The standard InChI is InChI=1S/C21H19BFN5O4/c22-15-6-5-12(23)9-14(15)20(31)25-8-7-24-19(30)11-26-21(32)17-10-16(27-28-17)13-3-1-2-4-18(13)29/h1-6,9-10,29H,7-8,11H2,(H,24,30)(H,25,31)(H,26,32)(H,27,28). The first-order chi connectivity index (χ1) is 15.3. The Balaban J connectivity index is 1.40. The van der Waals surface area contributed by atoms with Gasteiger partial charge < -0.3 is 21.1 Å². The van der Waals surface area contributed by atoms with Crippen molar-refractivity contribution >= 4 is 31.0 Å². The molecule has 0 atom stereocenters. The van der Waals surface area contributed by atoms with E-state index in [2.05, 4.69) is 26.1 Å². The highest BCUT2D eigenvalue weighted by Crippen LogP contribution is 2.27.